The molecule has 0 radical (unpaired) electrons. The van der Waals surface area contributed by atoms with Crippen molar-refractivity contribution < 1.29 is 36.1 Å². The van der Waals surface area contributed by atoms with Gasteiger partial charge < -0.3 is 31.6 Å². The smallest absolute Gasteiger partial charge is 0.170 e. The fourth-order valence-electron chi connectivity index (χ4n) is 3.92. The molecule has 1 aromatic rings. The van der Waals surface area contributed by atoms with Gasteiger partial charge >= 0.3 is 0 Å². The van der Waals surface area contributed by atoms with Gasteiger partial charge in [-0.05, 0) is 12.1 Å². The standard InChI is InChI=1S/C17H20NO3.BrH/c1-18-8-7-17-6-5-12(19)9-14(17)21-16-13(20-2)4-3-11(10-18)15(16)17;/h3-6,10,12,14,19H,7-9H2,1-2H3;1H/q+1;/p-1/t12-,14-,17-;/m1./s1. The van der Waals surface area contributed by atoms with Crippen LogP contribution in [0.1, 0.15) is 24.0 Å². The molecule has 2 heterocycles. The lowest BCUT2D eigenvalue weighted by molar-refractivity contribution is -0.493. The molecule has 1 aromatic carbocycles. The summed E-state index contributed by atoms with van der Waals surface area (Å²) in [5.41, 5.74) is 2.27. The van der Waals surface area contributed by atoms with Gasteiger partial charge in [0.1, 0.15) is 19.7 Å². The number of methoxy groups -OCH3 is 1. The quantitative estimate of drug-likeness (QED) is 0.485. The zero-order chi connectivity index (χ0) is 14.6. The Morgan fingerprint density at radius 1 is 1.41 bits per heavy atom. The predicted octanol–water partition coefficient (Wildman–Crippen LogP) is -1.52. The van der Waals surface area contributed by atoms with Crippen molar-refractivity contribution in [2.45, 2.75) is 30.5 Å². The molecule has 4 rings (SSSR count). The van der Waals surface area contributed by atoms with E-state index < -0.39 is 6.10 Å². The first-order valence-corrected chi connectivity index (χ1v) is 7.45. The molecule has 0 saturated carbocycles. The minimum absolute atomic E-state index is 0. The van der Waals surface area contributed by atoms with Crippen LogP contribution in [0.25, 0.3) is 0 Å². The van der Waals surface area contributed by atoms with Crippen molar-refractivity contribution >= 4 is 6.21 Å². The van der Waals surface area contributed by atoms with E-state index in [0.717, 1.165) is 24.5 Å². The first kappa shape index (κ1) is 15.6. The molecular formula is C17H20BrNO3. The molecule has 2 aliphatic heterocycles. The number of halogens is 1. The number of hydrogen-bond donors (Lipinski definition) is 1. The predicted molar refractivity (Wildman–Crippen MR) is 79.7 cm³/mol. The third kappa shape index (κ3) is 2.02. The Hall–Kier alpha value is -1.33. The van der Waals surface area contributed by atoms with Crippen LogP contribution < -0.4 is 26.5 Å². The molecule has 3 aliphatic rings. The monoisotopic (exact) mass is 365 g/mol. The van der Waals surface area contributed by atoms with E-state index in [9.17, 15) is 5.11 Å². The van der Waals surface area contributed by atoms with Crippen LogP contribution in [0.3, 0.4) is 0 Å². The summed E-state index contributed by atoms with van der Waals surface area (Å²) < 4.78 is 13.9. The zero-order valence-electron chi connectivity index (χ0n) is 12.8. The van der Waals surface area contributed by atoms with E-state index in [1.54, 1.807) is 7.11 Å². The molecule has 0 saturated heterocycles. The van der Waals surface area contributed by atoms with E-state index in [1.807, 2.05) is 12.1 Å². The van der Waals surface area contributed by atoms with E-state index >= 15 is 0 Å². The molecule has 0 aromatic heterocycles. The van der Waals surface area contributed by atoms with Gasteiger partial charge in [-0.15, -0.1) is 0 Å². The Labute approximate surface area is 140 Å². The fourth-order valence-corrected chi connectivity index (χ4v) is 3.92. The summed E-state index contributed by atoms with van der Waals surface area (Å²) in [6, 6.07) is 4.07. The summed E-state index contributed by atoms with van der Waals surface area (Å²) >= 11 is 0. The van der Waals surface area contributed by atoms with Crippen molar-refractivity contribution in [2.24, 2.45) is 0 Å². The summed E-state index contributed by atoms with van der Waals surface area (Å²) in [5.74, 6) is 1.63. The van der Waals surface area contributed by atoms with E-state index in [0.29, 0.717) is 6.42 Å². The van der Waals surface area contributed by atoms with Crippen molar-refractivity contribution in [3.05, 3.63) is 35.4 Å². The number of aliphatic hydroxyl groups excluding tert-OH is 1. The summed E-state index contributed by atoms with van der Waals surface area (Å²) in [6.45, 7) is 0.969. The minimum atomic E-state index is -0.422. The number of nitrogens with zero attached hydrogens (tertiary/aromatic N) is 1. The second-order valence-electron chi connectivity index (χ2n) is 6.23. The van der Waals surface area contributed by atoms with Gasteiger partial charge in [-0.25, -0.2) is 4.58 Å². The van der Waals surface area contributed by atoms with Crippen molar-refractivity contribution in [3.63, 3.8) is 0 Å². The van der Waals surface area contributed by atoms with Crippen LogP contribution in [0.15, 0.2) is 24.3 Å². The second-order valence-corrected chi connectivity index (χ2v) is 6.23. The lowest BCUT2D eigenvalue weighted by Gasteiger charge is -2.34. The molecule has 22 heavy (non-hydrogen) atoms. The molecule has 1 N–H and O–H groups in total. The van der Waals surface area contributed by atoms with Crippen molar-refractivity contribution in [1.82, 2.24) is 0 Å². The third-order valence-electron chi connectivity index (χ3n) is 4.98. The Morgan fingerprint density at radius 2 is 2.23 bits per heavy atom. The highest BCUT2D eigenvalue weighted by atomic mass is 79.9. The number of ether oxygens (including phenoxy) is 2. The van der Waals surface area contributed by atoms with Gasteiger partial charge in [0.25, 0.3) is 0 Å². The molecule has 1 spiro atoms. The fraction of sp³-hybridized carbons (Fsp3) is 0.471. The van der Waals surface area contributed by atoms with Crippen molar-refractivity contribution in [2.75, 3.05) is 20.7 Å². The normalized spacial score (nSPS) is 31.1. The third-order valence-corrected chi connectivity index (χ3v) is 4.98. The molecule has 3 atom stereocenters. The lowest BCUT2D eigenvalue weighted by atomic mass is 9.69. The average Bonchev–Trinajstić information content (AvgIpc) is 2.72. The van der Waals surface area contributed by atoms with Crippen LogP contribution in [0.4, 0.5) is 0 Å². The Balaban J connectivity index is 0.00000144. The number of rotatable bonds is 1. The maximum Gasteiger partial charge on any atom is 0.170 e. The maximum absolute atomic E-state index is 9.97. The molecule has 118 valence electrons. The summed E-state index contributed by atoms with van der Waals surface area (Å²) in [4.78, 5) is 0. The molecule has 0 amide bonds. The van der Waals surface area contributed by atoms with Crippen LogP contribution in [0, 0.1) is 0 Å². The van der Waals surface area contributed by atoms with E-state index in [4.69, 9.17) is 9.47 Å². The molecular weight excluding hydrogens is 346 g/mol. The summed E-state index contributed by atoms with van der Waals surface area (Å²) in [6.07, 6.45) is 7.45. The highest BCUT2D eigenvalue weighted by Crippen LogP contribution is 2.54. The van der Waals surface area contributed by atoms with Gasteiger partial charge in [0, 0.05) is 24.0 Å². The van der Waals surface area contributed by atoms with Crippen LogP contribution in [0.2, 0.25) is 0 Å². The van der Waals surface area contributed by atoms with Crippen LogP contribution >= 0.6 is 0 Å². The zero-order valence-corrected chi connectivity index (χ0v) is 14.3. The summed E-state index contributed by atoms with van der Waals surface area (Å²) in [5, 5.41) is 9.97. The highest BCUT2D eigenvalue weighted by Gasteiger charge is 2.53. The first-order chi connectivity index (χ1) is 10.1. The number of hydrogen-bond acceptors (Lipinski definition) is 3. The largest absolute Gasteiger partial charge is 1.00 e. The topological polar surface area (TPSA) is 41.7 Å². The molecule has 1 aliphatic carbocycles. The molecule has 0 fully saturated rings. The lowest BCUT2D eigenvalue weighted by Crippen LogP contribution is -3.00. The van der Waals surface area contributed by atoms with Crippen molar-refractivity contribution in [3.8, 4) is 11.5 Å². The van der Waals surface area contributed by atoms with Crippen LogP contribution in [-0.2, 0) is 5.41 Å². The van der Waals surface area contributed by atoms with Crippen LogP contribution in [-0.4, -0.2) is 48.8 Å². The maximum atomic E-state index is 9.97. The number of benzene rings is 1. The number of aliphatic hydroxyl groups is 1. The second kappa shape index (κ2) is 5.39. The van der Waals surface area contributed by atoms with E-state index in [2.05, 4.69) is 30.0 Å². The summed E-state index contributed by atoms with van der Waals surface area (Å²) in [7, 11) is 3.78. The first-order valence-electron chi connectivity index (χ1n) is 7.45. The van der Waals surface area contributed by atoms with Gasteiger partial charge in [-0.3, -0.25) is 0 Å². The Bertz CT molecular complexity index is 670. The van der Waals surface area contributed by atoms with E-state index in [1.165, 1.54) is 11.1 Å². The van der Waals surface area contributed by atoms with Gasteiger partial charge in [0.15, 0.2) is 17.7 Å². The highest BCUT2D eigenvalue weighted by molar-refractivity contribution is 5.83. The SMILES string of the molecule is COc1ccc2c3c1O[C@@H]1C[C@H](O)C=C[C@]31CC[N+](C)=C2.[Br-]. The minimum Gasteiger partial charge on any atom is -1.00 e. The Kier molecular flexibility index (Phi) is 3.81. The van der Waals surface area contributed by atoms with Gasteiger partial charge in [0.05, 0.1) is 18.6 Å². The van der Waals surface area contributed by atoms with E-state index in [-0.39, 0.29) is 28.5 Å². The van der Waals surface area contributed by atoms with Crippen molar-refractivity contribution in [1.29, 1.82) is 0 Å². The molecule has 5 heteroatoms. The van der Waals surface area contributed by atoms with Gasteiger partial charge in [-0.1, -0.05) is 12.2 Å². The Morgan fingerprint density at radius 3 is 3.00 bits per heavy atom. The van der Waals surface area contributed by atoms with Gasteiger partial charge in [-0.2, -0.15) is 0 Å². The molecule has 0 unspecified atom stereocenters. The van der Waals surface area contributed by atoms with Crippen LogP contribution in [0.5, 0.6) is 11.5 Å². The van der Waals surface area contributed by atoms with Gasteiger partial charge in [0.2, 0.25) is 0 Å². The molecule has 0 bridgehead atoms. The average molecular weight is 366 g/mol. The molecule has 4 nitrogen and oxygen atoms in total.